The van der Waals surface area contributed by atoms with Crippen LogP contribution in [0.25, 0.3) is 0 Å². The van der Waals surface area contributed by atoms with Crippen LogP contribution in [0, 0.1) is 0 Å². The zero-order valence-corrected chi connectivity index (χ0v) is 13.7. The van der Waals surface area contributed by atoms with Gasteiger partial charge in [-0.25, -0.2) is 0 Å². The first kappa shape index (κ1) is 16.1. The number of aliphatic imine (C=N–C) groups is 1. The van der Waals surface area contributed by atoms with Crippen molar-refractivity contribution < 1.29 is 4.74 Å². The summed E-state index contributed by atoms with van der Waals surface area (Å²) >= 11 is 5.96. The van der Waals surface area contributed by atoms with Gasteiger partial charge in [-0.2, -0.15) is 0 Å². The molecule has 1 aliphatic carbocycles. The largest absolute Gasteiger partial charge is 0.383 e. The van der Waals surface area contributed by atoms with E-state index in [0.717, 1.165) is 17.5 Å². The van der Waals surface area contributed by atoms with Crippen molar-refractivity contribution in [2.24, 2.45) is 4.99 Å². The van der Waals surface area contributed by atoms with E-state index in [1.807, 2.05) is 12.1 Å². The van der Waals surface area contributed by atoms with Crippen LogP contribution in [-0.2, 0) is 10.2 Å². The molecule has 1 aromatic rings. The first-order valence-corrected chi connectivity index (χ1v) is 7.69. The fraction of sp³-hybridized carbons (Fsp3) is 0.562. The average molecular weight is 310 g/mol. The van der Waals surface area contributed by atoms with Crippen LogP contribution in [0.1, 0.15) is 25.3 Å². The van der Waals surface area contributed by atoms with Gasteiger partial charge in [0.15, 0.2) is 5.96 Å². The molecule has 2 N–H and O–H groups in total. The molecule has 2 rings (SSSR count). The lowest BCUT2D eigenvalue weighted by Gasteiger charge is -2.21. The molecule has 1 saturated carbocycles. The summed E-state index contributed by atoms with van der Waals surface area (Å²) in [6.45, 7) is 3.61. The third kappa shape index (κ3) is 4.35. The Morgan fingerprint density at radius 3 is 2.57 bits per heavy atom. The minimum absolute atomic E-state index is 0.229. The maximum Gasteiger partial charge on any atom is 0.191 e. The highest BCUT2D eigenvalue weighted by Crippen LogP contribution is 2.47. The molecule has 0 radical (unpaired) electrons. The number of methoxy groups -OCH3 is 1. The van der Waals surface area contributed by atoms with Gasteiger partial charge in [-0.05, 0) is 37.5 Å². The van der Waals surface area contributed by atoms with Gasteiger partial charge in [0.25, 0.3) is 0 Å². The van der Waals surface area contributed by atoms with Gasteiger partial charge < -0.3 is 15.4 Å². The van der Waals surface area contributed by atoms with E-state index in [-0.39, 0.29) is 11.5 Å². The van der Waals surface area contributed by atoms with Crippen molar-refractivity contribution in [2.75, 3.05) is 27.3 Å². The van der Waals surface area contributed by atoms with Gasteiger partial charge in [0.1, 0.15) is 0 Å². The highest BCUT2D eigenvalue weighted by Gasteiger charge is 2.44. The van der Waals surface area contributed by atoms with Crippen molar-refractivity contribution in [2.45, 2.75) is 31.2 Å². The number of nitrogens with one attached hydrogen (secondary N) is 2. The minimum atomic E-state index is 0.229. The Kier molecular flexibility index (Phi) is 5.48. The van der Waals surface area contributed by atoms with Gasteiger partial charge in [0, 0.05) is 37.2 Å². The number of guanidine groups is 1. The van der Waals surface area contributed by atoms with Gasteiger partial charge in [-0.15, -0.1) is 0 Å². The number of nitrogens with zero attached hydrogens (tertiary/aromatic N) is 1. The molecule has 21 heavy (non-hydrogen) atoms. The molecule has 1 atom stereocenters. The van der Waals surface area contributed by atoms with Crippen molar-refractivity contribution in [1.82, 2.24) is 10.6 Å². The van der Waals surface area contributed by atoms with Crippen molar-refractivity contribution in [3.05, 3.63) is 34.9 Å². The Bertz CT molecular complexity index is 483. The second-order valence-electron chi connectivity index (χ2n) is 5.71. The molecule has 4 nitrogen and oxygen atoms in total. The standard InChI is InChI=1S/C16H24ClN3O/c1-12(10-21-3)20-15(18-2)19-11-16(8-9-16)13-4-6-14(17)7-5-13/h4-7,12H,8-11H2,1-3H3,(H2,18,19,20). The van der Waals surface area contributed by atoms with Gasteiger partial charge >= 0.3 is 0 Å². The van der Waals surface area contributed by atoms with Gasteiger partial charge in [0.2, 0.25) is 0 Å². The lowest BCUT2D eigenvalue weighted by molar-refractivity contribution is 0.179. The number of benzene rings is 1. The van der Waals surface area contributed by atoms with E-state index >= 15 is 0 Å². The maximum absolute atomic E-state index is 5.96. The van der Waals surface area contributed by atoms with Crippen molar-refractivity contribution in [1.29, 1.82) is 0 Å². The predicted molar refractivity (Wildman–Crippen MR) is 88.2 cm³/mol. The van der Waals surface area contributed by atoms with Crippen LogP contribution in [0.5, 0.6) is 0 Å². The fourth-order valence-electron chi connectivity index (χ4n) is 2.49. The summed E-state index contributed by atoms with van der Waals surface area (Å²) in [7, 11) is 3.49. The fourth-order valence-corrected chi connectivity index (χ4v) is 2.62. The predicted octanol–water partition coefficient (Wildman–Crippen LogP) is 2.57. The van der Waals surface area contributed by atoms with E-state index in [9.17, 15) is 0 Å². The van der Waals surface area contributed by atoms with Crippen molar-refractivity contribution >= 4 is 17.6 Å². The van der Waals surface area contributed by atoms with Crippen LogP contribution >= 0.6 is 11.6 Å². The zero-order valence-electron chi connectivity index (χ0n) is 12.9. The SMILES string of the molecule is CN=C(NCC1(c2ccc(Cl)cc2)CC1)NC(C)COC. The third-order valence-corrected chi connectivity index (χ3v) is 4.18. The molecular weight excluding hydrogens is 286 g/mol. The number of hydrogen-bond donors (Lipinski definition) is 2. The Morgan fingerprint density at radius 2 is 2.05 bits per heavy atom. The molecule has 1 aromatic carbocycles. The highest BCUT2D eigenvalue weighted by molar-refractivity contribution is 6.30. The van der Waals surface area contributed by atoms with E-state index < -0.39 is 0 Å². The number of halogens is 1. The molecule has 0 aromatic heterocycles. The van der Waals surface area contributed by atoms with Gasteiger partial charge in [-0.3, -0.25) is 4.99 Å². The Labute approximate surface area is 131 Å². The smallest absolute Gasteiger partial charge is 0.191 e. The van der Waals surface area contributed by atoms with Gasteiger partial charge in [-0.1, -0.05) is 23.7 Å². The minimum Gasteiger partial charge on any atom is -0.383 e. The monoisotopic (exact) mass is 309 g/mol. The molecule has 1 fully saturated rings. The molecule has 0 aliphatic heterocycles. The lowest BCUT2D eigenvalue weighted by atomic mass is 9.96. The van der Waals surface area contributed by atoms with E-state index in [2.05, 4.69) is 34.7 Å². The highest BCUT2D eigenvalue weighted by atomic mass is 35.5. The summed E-state index contributed by atoms with van der Waals surface area (Å²) in [6, 6.07) is 8.41. The maximum atomic E-state index is 5.96. The van der Waals surface area contributed by atoms with Crippen LogP contribution in [-0.4, -0.2) is 39.3 Å². The molecule has 1 aliphatic rings. The Morgan fingerprint density at radius 1 is 1.38 bits per heavy atom. The van der Waals surface area contributed by atoms with Gasteiger partial charge in [0.05, 0.1) is 6.61 Å². The normalized spacial score (nSPS) is 18.2. The second kappa shape index (κ2) is 7.14. The summed E-state index contributed by atoms with van der Waals surface area (Å²) in [4.78, 5) is 4.27. The van der Waals surface area contributed by atoms with Crippen molar-refractivity contribution in [3.8, 4) is 0 Å². The zero-order chi connectivity index (χ0) is 15.3. The molecule has 0 bridgehead atoms. The quantitative estimate of drug-likeness (QED) is 0.627. The van der Waals surface area contributed by atoms with Crippen molar-refractivity contribution in [3.63, 3.8) is 0 Å². The average Bonchev–Trinajstić information content (AvgIpc) is 3.25. The van der Waals surface area contributed by atoms with Crippen LogP contribution in [0.4, 0.5) is 0 Å². The summed E-state index contributed by atoms with van der Waals surface area (Å²) < 4.78 is 5.13. The number of rotatable bonds is 6. The summed E-state index contributed by atoms with van der Waals surface area (Å²) in [5.41, 5.74) is 1.58. The second-order valence-corrected chi connectivity index (χ2v) is 6.15. The lowest BCUT2D eigenvalue weighted by Crippen LogP contribution is -2.46. The Balaban J connectivity index is 1.90. The molecule has 0 saturated heterocycles. The van der Waals surface area contributed by atoms with Crippen LogP contribution in [0.2, 0.25) is 5.02 Å². The summed E-state index contributed by atoms with van der Waals surface area (Å²) in [5.74, 6) is 0.819. The number of hydrogen-bond acceptors (Lipinski definition) is 2. The topological polar surface area (TPSA) is 45.7 Å². The third-order valence-electron chi connectivity index (χ3n) is 3.93. The molecule has 0 spiro atoms. The first-order valence-electron chi connectivity index (χ1n) is 7.32. The van der Waals surface area contributed by atoms with E-state index in [1.165, 1.54) is 18.4 Å². The van der Waals surface area contributed by atoms with Crippen LogP contribution < -0.4 is 10.6 Å². The molecule has 0 heterocycles. The Hall–Kier alpha value is -1.26. The first-order chi connectivity index (χ1) is 10.1. The van der Waals surface area contributed by atoms with E-state index in [1.54, 1.807) is 14.2 Å². The summed E-state index contributed by atoms with van der Waals surface area (Å²) in [5, 5.41) is 7.53. The molecule has 1 unspecified atom stereocenters. The molecular formula is C16H24ClN3O. The van der Waals surface area contributed by atoms with E-state index in [0.29, 0.717) is 6.61 Å². The van der Waals surface area contributed by atoms with Crippen LogP contribution in [0.15, 0.2) is 29.3 Å². The number of ether oxygens (including phenoxy) is 1. The molecule has 116 valence electrons. The summed E-state index contributed by atoms with van der Waals surface area (Å²) in [6.07, 6.45) is 2.40. The molecule has 5 heteroatoms. The van der Waals surface area contributed by atoms with E-state index in [4.69, 9.17) is 16.3 Å². The molecule has 0 amide bonds. The van der Waals surface area contributed by atoms with Crippen LogP contribution in [0.3, 0.4) is 0 Å².